The van der Waals surface area contributed by atoms with Crippen LogP contribution in [0.4, 0.5) is 5.00 Å². The van der Waals surface area contributed by atoms with Crippen LogP contribution in [0.25, 0.3) is 0 Å². The van der Waals surface area contributed by atoms with Crippen molar-refractivity contribution >= 4 is 28.1 Å². The number of aliphatic hydroxyl groups is 1. The Morgan fingerprint density at radius 1 is 1.39 bits per heavy atom. The number of thiophene rings is 1. The van der Waals surface area contributed by atoms with Gasteiger partial charge in [0.15, 0.2) is 12.1 Å². The molecule has 11 nitrogen and oxygen atoms in total. The summed E-state index contributed by atoms with van der Waals surface area (Å²) in [7, 11) is 2.08. The van der Waals surface area contributed by atoms with E-state index in [9.17, 15) is 15.2 Å². The van der Waals surface area contributed by atoms with Crippen LogP contribution in [0.5, 0.6) is 0 Å². The van der Waals surface area contributed by atoms with Gasteiger partial charge in [0, 0.05) is 61.3 Å². The van der Waals surface area contributed by atoms with Crippen molar-refractivity contribution < 1.29 is 14.6 Å². The van der Waals surface area contributed by atoms with Gasteiger partial charge in [-0.3, -0.25) is 4.79 Å². The zero-order valence-corrected chi connectivity index (χ0v) is 24.6. The van der Waals surface area contributed by atoms with Crippen LogP contribution in [0.15, 0.2) is 41.4 Å². The zero-order chi connectivity index (χ0) is 29.3. The Labute approximate surface area is 245 Å². The number of carbonyl (C=O) groups excluding carboxylic acids is 1. The van der Waals surface area contributed by atoms with Crippen molar-refractivity contribution in [1.82, 2.24) is 20.0 Å². The molecular formula is C29H40N8O3S. The molecular weight excluding hydrogens is 540 g/mol. The number of fused-ring (bicyclic) bond motifs is 1. The molecule has 2 unspecified atom stereocenters. The van der Waals surface area contributed by atoms with Gasteiger partial charge in [-0.1, -0.05) is 13.5 Å². The van der Waals surface area contributed by atoms with Crippen LogP contribution in [0.2, 0.25) is 0 Å². The number of nitrogen functional groups attached to an aromatic ring is 1. The van der Waals surface area contributed by atoms with Gasteiger partial charge in [0.1, 0.15) is 29.1 Å². The number of aliphatic hydroxyl groups excluding tert-OH is 1. The number of amidine groups is 1. The van der Waals surface area contributed by atoms with Crippen LogP contribution < -0.4 is 16.8 Å². The summed E-state index contributed by atoms with van der Waals surface area (Å²) >= 11 is 1.42. The molecule has 1 aromatic rings. The van der Waals surface area contributed by atoms with Gasteiger partial charge in [0.25, 0.3) is 0 Å². The van der Waals surface area contributed by atoms with Crippen LogP contribution in [0.3, 0.4) is 0 Å². The first-order chi connectivity index (χ1) is 19.6. The topological polar surface area (TPSA) is 156 Å². The number of hydrogen-bond acceptors (Lipinski definition) is 10. The van der Waals surface area contributed by atoms with E-state index in [1.54, 1.807) is 4.90 Å². The molecule has 1 amide bonds. The van der Waals surface area contributed by atoms with Gasteiger partial charge in [0.2, 0.25) is 5.91 Å². The van der Waals surface area contributed by atoms with Gasteiger partial charge in [0.05, 0.1) is 5.56 Å². The quantitative estimate of drug-likeness (QED) is 0.212. The van der Waals surface area contributed by atoms with E-state index in [2.05, 4.69) is 39.8 Å². The van der Waals surface area contributed by atoms with Gasteiger partial charge >= 0.3 is 0 Å². The number of nitrogens with zero attached hydrogens (tertiary/aromatic N) is 5. The number of anilines is 1. The Kier molecular flexibility index (Phi) is 8.31. The molecule has 0 bridgehead atoms. The second-order valence-electron chi connectivity index (χ2n) is 11.5. The molecule has 220 valence electrons. The summed E-state index contributed by atoms with van der Waals surface area (Å²) in [5.41, 5.74) is 14.1. The predicted octanol–water partition coefficient (Wildman–Crippen LogP) is 1.22. The number of carbonyl (C=O) groups is 1. The second kappa shape index (κ2) is 11.8. The molecule has 2 saturated heterocycles. The number of aliphatic imine (C=N–C) groups is 1. The van der Waals surface area contributed by atoms with Gasteiger partial charge < -0.3 is 41.3 Å². The predicted molar refractivity (Wildman–Crippen MR) is 160 cm³/mol. The van der Waals surface area contributed by atoms with Gasteiger partial charge in [-0.25, -0.2) is 4.99 Å². The third-order valence-corrected chi connectivity index (χ3v) is 9.72. The smallest absolute Gasteiger partial charge is 0.246 e. The monoisotopic (exact) mass is 580 g/mol. The van der Waals surface area contributed by atoms with E-state index in [4.69, 9.17) is 16.2 Å². The lowest BCUT2D eigenvalue weighted by Crippen LogP contribution is -2.50. The molecule has 4 aliphatic rings. The molecule has 2 fully saturated rings. The second-order valence-corrected chi connectivity index (χ2v) is 12.6. The van der Waals surface area contributed by atoms with Gasteiger partial charge in [-0.15, -0.1) is 11.3 Å². The molecule has 0 radical (unpaired) electrons. The molecule has 1 aliphatic carbocycles. The van der Waals surface area contributed by atoms with Crippen LogP contribution in [-0.2, 0) is 21.4 Å². The van der Waals surface area contributed by atoms with Crippen molar-refractivity contribution in [2.45, 2.75) is 56.4 Å². The maximum atomic E-state index is 12.1. The lowest BCUT2D eigenvalue weighted by Gasteiger charge is -2.38. The number of likely N-dealkylation sites (N-methyl/N-ethyl adjacent to an activating group) is 1. The number of allylic oxidation sites excluding steroid dienone is 1. The molecule has 6 N–H and O–H groups in total. The molecule has 4 atom stereocenters. The Hall–Kier alpha value is -3.53. The Balaban J connectivity index is 1.40. The van der Waals surface area contributed by atoms with Gasteiger partial charge in [-0.2, -0.15) is 5.26 Å². The number of piperazine rings is 1. The maximum absolute atomic E-state index is 12.1. The minimum Gasteiger partial charge on any atom is -0.474 e. The Bertz CT molecular complexity index is 1320. The summed E-state index contributed by atoms with van der Waals surface area (Å²) in [6.07, 6.45) is 7.50. The minimum atomic E-state index is -1.16. The molecule has 12 heteroatoms. The molecule has 5 rings (SSSR count). The fraction of sp³-hybridized carbons (Fsp3) is 0.552. The first-order valence-corrected chi connectivity index (χ1v) is 15.0. The first-order valence-electron chi connectivity index (χ1n) is 14.2. The molecule has 1 aromatic heterocycles. The number of rotatable bonds is 7. The van der Waals surface area contributed by atoms with E-state index in [1.807, 2.05) is 19.1 Å². The summed E-state index contributed by atoms with van der Waals surface area (Å²) in [5, 5.41) is 25.1. The van der Waals surface area contributed by atoms with E-state index in [-0.39, 0.29) is 17.8 Å². The van der Waals surface area contributed by atoms with Crippen LogP contribution in [-0.4, -0.2) is 96.2 Å². The molecule has 0 aromatic carbocycles. The Morgan fingerprint density at radius 3 is 2.80 bits per heavy atom. The fourth-order valence-electron chi connectivity index (χ4n) is 6.25. The maximum Gasteiger partial charge on any atom is 0.246 e. The van der Waals surface area contributed by atoms with Crippen LogP contribution >= 0.6 is 11.3 Å². The van der Waals surface area contributed by atoms with E-state index in [0.717, 1.165) is 48.5 Å². The highest BCUT2D eigenvalue weighted by Gasteiger charge is 2.43. The third kappa shape index (κ3) is 5.80. The first kappa shape index (κ1) is 29.0. The van der Waals surface area contributed by atoms with Crippen molar-refractivity contribution in [2.24, 2.45) is 10.7 Å². The van der Waals surface area contributed by atoms with Gasteiger partial charge in [-0.05, 0) is 50.4 Å². The molecule has 0 spiro atoms. The third-order valence-electron chi connectivity index (χ3n) is 8.64. The van der Waals surface area contributed by atoms with E-state index < -0.39 is 17.7 Å². The van der Waals surface area contributed by atoms with Crippen LogP contribution in [0, 0.1) is 11.3 Å². The number of nitrogens with one attached hydrogen (secondary N) is 1. The molecule has 41 heavy (non-hydrogen) atoms. The summed E-state index contributed by atoms with van der Waals surface area (Å²) in [6.45, 7) is 9.83. The highest BCUT2D eigenvalue weighted by molar-refractivity contribution is 7.16. The standard InChI is InChI=1S/C29H40N8O3S/c1-4-24(38)37-12-10-36(11-13-37)18-14-21(33-23(15-18)40-19-7-9-35(3)17-19)26(31)34-28(39)29(2)8-5-6-22-25(29)20(16-30)27(32)41-22/h4,14-15,19,21,28,33,39H,1,5-13,17,32H2,2-3H3,(H2,31,34)/t19-,21?,28?,29+/m1/s1. The number of amides is 1. The zero-order valence-electron chi connectivity index (χ0n) is 23.8. The van der Waals surface area contributed by atoms with E-state index >= 15 is 0 Å². The average Bonchev–Trinajstić information content (AvgIpc) is 3.53. The van der Waals surface area contributed by atoms with E-state index in [0.29, 0.717) is 49.0 Å². The SMILES string of the molecule is C=CC(=O)N1CCN(C2=CC(/C(N)=N/C(O)[C@@]3(C)CCCc4sc(N)c(C#N)c43)NC(O[C@@H]3CCN(C)C3)=C2)CC1. The summed E-state index contributed by atoms with van der Waals surface area (Å²) in [5.74, 6) is 0.764. The Morgan fingerprint density at radius 2 is 2.15 bits per heavy atom. The van der Waals surface area contributed by atoms with Crippen LogP contribution in [0.1, 0.15) is 42.2 Å². The normalized spacial score (nSPS) is 27.7. The number of ether oxygens (including phenoxy) is 1. The lowest BCUT2D eigenvalue weighted by atomic mass is 9.71. The van der Waals surface area contributed by atoms with Crippen molar-refractivity contribution in [2.75, 3.05) is 52.0 Å². The highest BCUT2D eigenvalue weighted by Crippen LogP contribution is 2.47. The summed E-state index contributed by atoms with van der Waals surface area (Å²) in [6, 6.07) is 1.73. The molecule has 3 aliphatic heterocycles. The fourth-order valence-corrected chi connectivity index (χ4v) is 7.45. The minimum absolute atomic E-state index is 0.0533. The molecule has 0 saturated carbocycles. The van der Waals surface area contributed by atoms with Crippen molar-refractivity contribution in [3.8, 4) is 6.07 Å². The lowest BCUT2D eigenvalue weighted by molar-refractivity contribution is -0.127. The number of nitrogens with two attached hydrogens (primary N) is 2. The molecule has 4 heterocycles. The van der Waals surface area contributed by atoms with E-state index in [1.165, 1.54) is 17.4 Å². The highest BCUT2D eigenvalue weighted by atomic mass is 32.1. The number of likely N-dealkylation sites (tertiary alicyclic amines) is 1. The summed E-state index contributed by atoms with van der Waals surface area (Å²) in [4.78, 5) is 24.0. The number of aryl methyl sites for hydroxylation is 1. The summed E-state index contributed by atoms with van der Waals surface area (Å²) < 4.78 is 6.36. The largest absolute Gasteiger partial charge is 0.474 e. The number of dihydropyridines is 1. The van der Waals surface area contributed by atoms with Crippen molar-refractivity contribution in [3.63, 3.8) is 0 Å². The number of hydrogen-bond donors (Lipinski definition) is 4. The van der Waals surface area contributed by atoms with Crippen molar-refractivity contribution in [1.29, 1.82) is 5.26 Å². The average molecular weight is 581 g/mol. The number of nitriles is 1. The van der Waals surface area contributed by atoms with Crippen molar-refractivity contribution in [3.05, 3.63) is 52.4 Å².